The van der Waals surface area contributed by atoms with Gasteiger partial charge in [0.1, 0.15) is 12.2 Å². The van der Waals surface area contributed by atoms with Gasteiger partial charge in [-0.05, 0) is 18.1 Å². The third-order valence-corrected chi connectivity index (χ3v) is 9.82. The number of esters is 1. The normalized spacial score (nSPS) is 30.2. The zero-order chi connectivity index (χ0) is 17.1. The Bertz CT molecular complexity index is 383. The Labute approximate surface area is 148 Å². The molecule has 1 fully saturated rings. The number of hydrogen-bond donors (Lipinski definition) is 0. The quantitative estimate of drug-likeness (QED) is 0.281. The summed E-state index contributed by atoms with van der Waals surface area (Å²) >= 11 is 2.24. The van der Waals surface area contributed by atoms with Crippen LogP contribution in [0.15, 0.2) is 0 Å². The van der Waals surface area contributed by atoms with E-state index in [-0.39, 0.29) is 29.3 Å². The molecule has 1 saturated heterocycles. The molecule has 1 rings (SSSR count). The van der Waals surface area contributed by atoms with Crippen molar-refractivity contribution >= 4 is 36.9 Å². The van der Waals surface area contributed by atoms with Crippen LogP contribution in [0.3, 0.4) is 0 Å². The van der Waals surface area contributed by atoms with Crippen molar-refractivity contribution in [3.8, 4) is 0 Å². The Balaban J connectivity index is 2.89. The van der Waals surface area contributed by atoms with E-state index in [9.17, 15) is 4.79 Å². The van der Waals surface area contributed by atoms with Gasteiger partial charge in [-0.1, -0.05) is 43.4 Å². The van der Waals surface area contributed by atoms with E-state index >= 15 is 0 Å². The molecule has 5 nitrogen and oxygen atoms in total. The molecule has 0 aromatic rings. The highest BCUT2D eigenvalue weighted by Crippen LogP contribution is 2.39. The van der Waals surface area contributed by atoms with Crippen LogP contribution in [-0.2, 0) is 23.4 Å². The third-order valence-electron chi connectivity index (χ3n) is 4.45. The first-order valence-corrected chi connectivity index (χ1v) is 12.0. The second-order valence-corrected chi connectivity index (χ2v) is 12.9. The highest BCUT2D eigenvalue weighted by Gasteiger charge is 2.46. The Morgan fingerprint density at radius 2 is 1.91 bits per heavy atom. The van der Waals surface area contributed by atoms with Crippen LogP contribution in [0.1, 0.15) is 34.1 Å². The van der Waals surface area contributed by atoms with Crippen LogP contribution in [0.5, 0.6) is 0 Å². The molecule has 0 aromatic carbocycles. The Morgan fingerprint density at radius 3 is 2.32 bits per heavy atom. The number of halogens is 1. The van der Waals surface area contributed by atoms with Gasteiger partial charge in [0.05, 0.1) is 6.10 Å². The van der Waals surface area contributed by atoms with E-state index in [0.717, 1.165) is 4.43 Å². The largest absolute Gasteiger partial charge is 0.460 e. The maximum absolute atomic E-state index is 11.3. The molecule has 0 spiro atoms. The molecule has 4 atom stereocenters. The molecular weight excluding hydrogens is 415 g/mol. The lowest BCUT2D eigenvalue weighted by molar-refractivity contribution is -0.250. The predicted molar refractivity (Wildman–Crippen MR) is 96.8 cm³/mol. The molecule has 0 saturated carbocycles. The lowest BCUT2D eigenvalue weighted by atomic mass is 10.0. The number of alkyl halides is 1. The van der Waals surface area contributed by atoms with Crippen molar-refractivity contribution in [3.05, 3.63) is 0 Å². The molecule has 0 N–H and O–H groups in total. The van der Waals surface area contributed by atoms with Crippen molar-refractivity contribution in [1.29, 1.82) is 0 Å². The van der Waals surface area contributed by atoms with Gasteiger partial charge < -0.3 is 18.6 Å². The fourth-order valence-corrected chi connectivity index (χ4v) is 4.27. The molecule has 130 valence electrons. The number of rotatable bonds is 5. The lowest BCUT2D eigenvalue weighted by Crippen LogP contribution is -2.55. The molecule has 0 unspecified atom stereocenters. The summed E-state index contributed by atoms with van der Waals surface area (Å²) in [6, 6.07) is 0. The summed E-state index contributed by atoms with van der Waals surface area (Å²) in [5.41, 5.74) is 0. The van der Waals surface area contributed by atoms with Crippen LogP contribution in [0.2, 0.25) is 18.1 Å². The van der Waals surface area contributed by atoms with Gasteiger partial charge >= 0.3 is 5.97 Å². The molecule has 7 heteroatoms. The molecular formula is C15H29IO5Si. The number of methoxy groups -OCH3 is 1. The molecule has 0 radical (unpaired) electrons. The first kappa shape index (κ1) is 20.3. The third kappa shape index (κ3) is 5.15. The average molecular weight is 444 g/mol. The molecule has 0 bridgehead atoms. The first-order valence-electron chi connectivity index (χ1n) is 7.61. The smallest absolute Gasteiger partial charge is 0.302 e. The summed E-state index contributed by atoms with van der Waals surface area (Å²) in [7, 11) is -0.326. The van der Waals surface area contributed by atoms with Gasteiger partial charge in [-0.15, -0.1) is 0 Å². The first-order chi connectivity index (χ1) is 10.0. The van der Waals surface area contributed by atoms with Crippen LogP contribution in [0.25, 0.3) is 0 Å². The van der Waals surface area contributed by atoms with Crippen molar-refractivity contribution in [2.24, 2.45) is 0 Å². The van der Waals surface area contributed by atoms with Crippen molar-refractivity contribution < 1.29 is 23.4 Å². The van der Waals surface area contributed by atoms with Crippen molar-refractivity contribution in [3.63, 3.8) is 0 Å². The van der Waals surface area contributed by atoms with Gasteiger partial charge in [0.2, 0.25) is 0 Å². The Kier molecular flexibility index (Phi) is 7.32. The monoisotopic (exact) mass is 444 g/mol. The highest BCUT2D eigenvalue weighted by molar-refractivity contribution is 14.1. The van der Waals surface area contributed by atoms with Crippen LogP contribution in [0, 0.1) is 0 Å². The van der Waals surface area contributed by atoms with E-state index in [4.69, 9.17) is 18.6 Å². The summed E-state index contributed by atoms with van der Waals surface area (Å²) in [5.74, 6) is -0.287. The van der Waals surface area contributed by atoms with Gasteiger partial charge in [0.25, 0.3) is 0 Å². The summed E-state index contributed by atoms with van der Waals surface area (Å²) in [6.07, 6.45) is -0.461. The van der Waals surface area contributed by atoms with E-state index in [1.807, 2.05) is 0 Å². The standard InChI is InChI=1S/C15H29IO5Si/c1-10(17)19-11-8-12(14(18-5)20-13(11)9-16)21-22(6,7)15(2,3)4/h11-14H,8-9H2,1-7H3/t11-,12-,13+,14-/m0/s1. The molecule has 22 heavy (non-hydrogen) atoms. The zero-order valence-corrected chi connectivity index (χ0v) is 17.8. The van der Waals surface area contributed by atoms with E-state index in [2.05, 4.69) is 56.5 Å². The topological polar surface area (TPSA) is 54.0 Å². The fraction of sp³-hybridized carbons (Fsp3) is 0.933. The maximum Gasteiger partial charge on any atom is 0.302 e. The predicted octanol–water partition coefficient (Wildman–Crippen LogP) is 3.50. The highest BCUT2D eigenvalue weighted by atomic mass is 127. The minimum Gasteiger partial charge on any atom is -0.460 e. The number of ether oxygens (including phenoxy) is 3. The molecule has 0 aromatic heterocycles. The summed E-state index contributed by atoms with van der Waals surface area (Å²) in [4.78, 5) is 11.3. The van der Waals surface area contributed by atoms with Gasteiger partial charge in [-0.3, -0.25) is 4.79 Å². The second-order valence-electron chi connectivity index (χ2n) is 7.23. The fourth-order valence-electron chi connectivity index (χ4n) is 2.18. The molecule has 1 aliphatic rings. The SMILES string of the molecule is CO[C@H]1O[C@H](CI)[C@@H](OC(C)=O)C[C@@H]1O[Si](C)(C)C(C)(C)C. The van der Waals surface area contributed by atoms with E-state index in [1.165, 1.54) is 6.92 Å². The maximum atomic E-state index is 11.3. The van der Waals surface area contributed by atoms with E-state index in [0.29, 0.717) is 6.42 Å². The molecule has 1 heterocycles. The van der Waals surface area contributed by atoms with E-state index < -0.39 is 14.6 Å². The number of carbonyl (C=O) groups excluding carboxylic acids is 1. The van der Waals surface area contributed by atoms with Gasteiger partial charge in [0.15, 0.2) is 14.6 Å². The Hall–Kier alpha value is 0.297. The van der Waals surface area contributed by atoms with Gasteiger partial charge in [0, 0.05) is 24.9 Å². The van der Waals surface area contributed by atoms with E-state index in [1.54, 1.807) is 7.11 Å². The van der Waals surface area contributed by atoms with Gasteiger partial charge in [-0.25, -0.2) is 0 Å². The summed E-state index contributed by atoms with van der Waals surface area (Å²) in [6.45, 7) is 12.4. The molecule has 0 amide bonds. The lowest BCUT2D eigenvalue weighted by Gasteiger charge is -2.45. The van der Waals surface area contributed by atoms with Gasteiger partial charge in [-0.2, -0.15) is 0 Å². The van der Waals surface area contributed by atoms with Crippen LogP contribution in [0.4, 0.5) is 0 Å². The van der Waals surface area contributed by atoms with Crippen molar-refractivity contribution in [1.82, 2.24) is 0 Å². The number of carbonyl (C=O) groups is 1. The average Bonchev–Trinajstić information content (AvgIpc) is 2.36. The number of hydrogen-bond acceptors (Lipinski definition) is 5. The minimum absolute atomic E-state index is 0.0995. The summed E-state index contributed by atoms with van der Waals surface area (Å²) < 4.78 is 24.1. The van der Waals surface area contributed by atoms with Crippen molar-refractivity contribution in [2.75, 3.05) is 11.5 Å². The minimum atomic E-state index is -1.95. The van der Waals surface area contributed by atoms with Crippen LogP contribution >= 0.6 is 22.6 Å². The zero-order valence-electron chi connectivity index (χ0n) is 14.6. The Morgan fingerprint density at radius 1 is 1.32 bits per heavy atom. The van der Waals surface area contributed by atoms with Crippen molar-refractivity contribution in [2.45, 2.75) is 76.8 Å². The summed E-state index contributed by atoms with van der Waals surface area (Å²) in [5, 5.41) is 0.0995. The second kappa shape index (κ2) is 7.91. The van der Waals surface area contributed by atoms with Crippen LogP contribution < -0.4 is 0 Å². The molecule has 1 aliphatic heterocycles. The van der Waals surface area contributed by atoms with Crippen LogP contribution in [-0.4, -0.2) is 50.4 Å². The molecule has 0 aliphatic carbocycles.